The van der Waals surface area contributed by atoms with Crippen LogP contribution < -0.4 is 4.74 Å². The molecule has 0 spiro atoms. The third-order valence-corrected chi connectivity index (χ3v) is 4.37. The molecule has 1 aliphatic rings. The molecule has 0 unspecified atom stereocenters. The van der Waals surface area contributed by atoms with Crippen molar-refractivity contribution in [1.82, 2.24) is 0 Å². The first-order valence-corrected chi connectivity index (χ1v) is 8.37. The van der Waals surface area contributed by atoms with Gasteiger partial charge in [0.25, 0.3) is 0 Å². The number of carbonyl (C=O) groups excluding carboxylic acids is 1. The number of halogens is 2. The van der Waals surface area contributed by atoms with Crippen molar-refractivity contribution in [3.05, 3.63) is 81.2 Å². The van der Waals surface area contributed by atoms with Crippen LogP contribution in [0.3, 0.4) is 0 Å². The Morgan fingerprint density at radius 2 is 1.92 bits per heavy atom. The van der Waals surface area contributed by atoms with Gasteiger partial charge >= 0.3 is 0 Å². The zero-order chi connectivity index (χ0) is 16.7. The maximum Gasteiger partial charge on any atom is 0.232 e. The Labute approximate surface area is 151 Å². The highest BCUT2D eigenvalue weighted by atomic mass is 79.9. The lowest BCUT2D eigenvalue weighted by atomic mass is 10.1. The van der Waals surface area contributed by atoms with Crippen LogP contribution in [0.4, 0.5) is 0 Å². The molecule has 2 aromatic carbocycles. The van der Waals surface area contributed by atoms with E-state index in [9.17, 15) is 4.79 Å². The zero-order valence-corrected chi connectivity index (χ0v) is 14.6. The van der Waals surface area contributed by atoms with Crippen LogP contribution in [0.1, 0.15) is 16.1 Å². The third-order valence-electron chi connectivity index (χ3n) is 3.64. The smallest absolute Gasteiger partial charge is 0.232 e. The molecule has 2 heterocycles. The SMILES string of the molecule is O=C1C(=Cc2ccc(-c3cccc(Br)c3)o2)Oc2ccc(Cl)cc21. The van der Waals surface area contributed by atoms with Gasteiger partial charge in [0.15, 0.2) is 5.76 Å². The lowest BCUT2D eigenvalue weighted by Gasteiger charge is -1.98. The molecule has 0 saturated carbocycles. The van der Waals surface area contributed by atoms with Crippen molar-refractivity contribution in [3.63, 3.8) is 0 Å². The van der Waals surface area contributed by atoms with E-state index in [0.29, 0.717) is 27.9 Å². The second-order valence-corrected chi connectivity index (χ2v) is 6.64. The van der Waals surface area contributed by atoms with Crippen LogP contribution >= 0.6 is 27.5 Å². The van der Waals surface area contributed by atoms with Gasteiger partial charge in [-0.25, -0.2) is 0 Å². The number of allylic oxidation sites excluding steroid dienone is 1. The molecule has 118 valence electrons. The van der Waals surface area contributed by atoms with Crippen molar-refractivity contribution in [2.75, 3.05) is 0 Å². The first-order chi connectivity index (χ1) is 11.6. The number of hydrogen-bond donors (Lipinski definition) is 0. The van der Waals surface area contributed by atoms with E-state index >= 15 is 0 Å². The van der Waals surface area contributed by atoms with E-state index in [4.69, 9.17) is 20.8 Å². The van der Waals surface area contributed by atoms with E-state index in [0.717, 1.165) is 10.0 Å². The topological polar surface area (TPSA) is 39.4 Å². The number of ether oxygens (including phenoxy) is 1. The summed E-state index contributed by atoms with van der Waals surface area (Å²) < 4.78 is 12.4. The minimum atomic E-state index is -0.201. The van der Waals surface area contributed by atoms with Crippen LogP contribution in [0.2, 0.25) is 5.02 Å². The Kier molecular flexibility index (Phi) is 3.79. The molecule has 3 aromatic rings. The van der Waals surface area contributed by atoms with Gasteiger partial charge in [0.05, 0.1) is 5.56 Å². The minimum Gasteiger partial charge on any atom is -0.457 e. The number of fused-ring (bicyclic) bond motifs is 1. The van der Waals surface area contributed by atoms with E-state index in [1.165, 1.54) is 0 Å². The first kappa shape index (κ1) is 15.2. The molecular formula is C19H10BrClO3. The number of carbonyl (C=O) groups is 1. The second-order valence-electron chi connectivity index (χ2n) is 5.29. The van der Waals surface area contributed by atoms with Gasteiger partial charge in [-0.3, -0.25) is 4.79 Å². The fraction of sp³-hybridized carbons (Fsp3) is 0. The molecule has 24 heavy (non-hydrogen) atoms. The highest BCUT2D eigenvalue weighted by Gasteiger charge is 2.27. The van der Waals surface area contributed by atoms with Crippen molar-refractivity contribution in [2.24, 2.45) is 0 Å². The summed E-state index contributed by atoms with van der Waals surface area (Å²) >= 11 is 9.37. The Bertz CT molecular complexity index is 988. The van der Waals surface area contributed by atoms with Crippen LogP contribution in [0.25, 0.3) is 17.4 Å². The zero-order valence-electron chi connectivity index (χ0n) is 12.3. The summed E-state index contributed by atoms with van der Waals surface area (Å²) in [6, 6.07) is 16.4. The average Bonchev–Trinajstić information content (AvgIpc) is 3.14. The number of hydrogen-bond acceptors (Lipinski definition) is 3. The van der Waals surface area contributed by atoms with Gasteiger partial charge in [-0.2, -0.15) is 0 Å². The normalized spacial score (nSPS) is 14.8. The summed E-state index contributed by atoms with van der Waals surface area (Å²) in [6.45, 7) is 0. The average molecular weight is 402 g/mol. The fourth-order valence-corrected chi connectivity index (χ4v) is 3.09. The summed E-state index contributed by atoms with van der Waals surface area (Å²) in [4.78, 5) is 12.4. The van der Waals surface area contributed by atoms with E-state index in [1.54, 1.807) is 30.3 Å². The highest BCUT2D eigenvalue weighted by Crippen LogP contribution is 2.34. The van der Waals surface area contributed by atoms with Gasteiger partial charge in [0, 0.05) is 21.1 Å². The van der Waals surface area contributed by atoms with Gasteiger partial charge in [-0.15, -0.1) is 0 Å². The number of Topliss-reactive ketones (excluding diaryl/α,β-unsaturated/α-hetero) is 1. The van der Waals surface area contributed by atoms with E-state index in [-0.39, 0.29) is 11.5 Å². The fourth-order valence-electron chi connectivity index (χ4n) is 2.52. The second kappa shape index (κ2) is 5.96. The Morgan fingerprint density at radius 3 is 2.75 bits per heavy atom. The van der Waals surface area contributed by atoms with Crippen LogP contribution in [0, 0.1) is 0 Å². The Balaban J connectivity index is 1.65. The predicted molar refractivity (Wildman–Crippen MR) is 96.2 cm³/mol. The van der Waals surface area contributed by atoms with Gasteiger partial charge in [-0.05, 0) is 42.5 Å². The molecule has 5 heteroatoms. The van der Waals surface area contributed by atoms with Crippen molar-refractivity contribution in [3.8, 4) is 17.1 Å². The van der Waals surface area contributed by atoms with Crippen molar-refractivity contribution in [2.45, 2.75) is 0 Å². The molecule has 0 radical (unpaired) electrons. The minimum absolute atomic E-state index is 0.201. The quantitative estimate of drug-likeness (QED) is 0.496. The lowest BCUT2D eigenvalue weighted by molar-refractivity contribution is 0.101. The molecule has 0 aliphatic carbocycles. The summed E-state index contributed by atoms with van der Waals surface area (Å²) in [5.41, 5.74) is 1.41. The standard InChI is InChI=1S/C19H10BrClO3/c20-12-3-1-2-11(8-12)16-7-5-14(23-16)10-18-19(22)15-9-13(21)4-6-17(15)24-18/h1-10H. The number of benzene rings is 2. The van der Waals surface area contributed by atoms with Crippen LogP contribution in [0.5, 0.6) is 5.75 Å². The molecule has 0 atom stereocenters. The van der Waals surface area contributed by atoms with Gasteiger partial charge in [0.2, 0.25) is 5.78 Å². The summed E-state index contributed by atoms with van der Waals surface area (Å²) in [6.07, 6.45) is 1.59. The van der Waals surface area contributed by atoms with Crippen molar-refractivity contribution < 1.29 is 13.9 Å². The van der Waals surface area contributed by atoms with Crippen LogP contribution in [0.15, 0.2) is 69.2 Å². The summed E-state index contributed by atoms with van der Waals surface area (Å²) in [5.74, 6) is 1.80. The summed E-state index contributed by atoms with van der Waals surface area (Å²) in [5, 5.41) is 0.502. The van der Waals surface area contributed by atoms with E-state index in [1.807, 2.05) is 30.3 Å². The molecule has 0 amide bonds. The van der Waals surface area contributed by atoms with Gasteiger partial charge in [-0.1, -0.05) is 39.7 Å². The molecule has 1 aliphatic heterocycles. The third kappa shape index (κ3) is 2.79. The molecule has 1 aromatic heterocycles. The van der Waals surface area contributed by atoms with Crippen LogP contribution in [-0.4, -0.2) is 5.78 Å². The molecule has 0 saturated heterocycles. The molecule has 0 fully saturated rings. The number of ketones is 1. The number of furan rings is 1. The van der Waals surface area contributed by atoms with Gasteiger partial charge < -0.3 is 9.15 Å². The Hall–Kier alpha value is -2.30. The van der Waals surface area contributed by atoms with Crippen LogP contribution in [-0.2, 0) is 0 Å². The maximum atomic E-state index is 12.4. The van der Waals surface area contributed by atoms with Crippen molar-refractivity contribution >= 4 is 39.4 Å². The molecule has 3 nitrogen and oxygen atoms in total. The summed E-state index contributed by atoms with van der Waals surface area (Å²) in [7, 11) is 0. The lowest BCUT2D eigenvalue weighted by Crippen LogP contribution is -1.97. The van der Waals surface area contributed by atoms with E-state index in [2.05, 4.69) is 15.9 Å². The molecule has 4 rings (SSSR count). The van der Waals surface area contributed by atoms with E-state index < -0.39 is 0 Å². The molecule has 0 N–H and O–H groups in total. The largest absolute Gasteiger partial charge is 0.457 e. The maximum absolute atomic E-state index is 12.4. The monoisotopic (exact) mass is 400 g/mol. The van der Waals surface area contributed by atoms with Crippen molar-refractivity contribution in [1.29, 1.82) is 0 Å². The number of rotatable bonds is 2. The van der Waals surface area contributed by atoms with Gasteiger partial charge in [0.1, 0.15) is 17.3 Å². The Morgan fingerprint density at radius 1 is 1.04 bits per heavy atom. The first-order valence-electron chi connectivity index (χ1n) is 7.20. The predicted octanol–water partition coefficient (Wildman–Crippen LogP) is 5.98. The molecular weight excluding hydrogens is 392 g/mol. The molecule has 0 bridgehead atoms. The highest BCUT2D eigenvalue weighted by molar-refractivity contribution is 9.10.